The van der Waals surface area contributed by atoms with Crippen molar-refractivity contribution in [1.82, 2.24) is 24.9 Å². The van der Waals surface area contributed by atoms with E-state index in [-0.39, 0.29) is 6.10 Å². The molecule has 3 saturated heterocycles. The van der Waals surface area contributed by atoms with Crippen molar-refractivity contribution in [1.29, 1.82) is 0 Å². The highest BCUT2D eigenvalue weighted by Gasteiger charge is 2.41. The van der Waals surface area contributed by atoms with Crippen molar-refractivity contribution >= 4 is 5.96 Å². The van der Waals surface area contributed by atoms with Gasteiger partial charge in [0, 0.05) is 72.5 Å². The lowest BCUT2D eigenvalue weighted by molar-refractivity contribution is -0.0502. The van der Waals surface area contributed by atoms with Gasteiger partial charge >= 0.3 is 0 Å². The predicted molar refractivity (Wildman–Crippen MR) is 126 cm³/mol. The van der Waals surface area contributed by atoms with Crippen LogP contribution in [0.1, 0.15) is 12.5 Å². The molecular weight excluding hydrogens is 388 g/mol. The fourth-order valence-electron chi connectivity index (χ4n) is 5.08. The Kier molecular flexibility index (Phi) is 7.82. The quantitative estimate of drug-likeness (QED) is 0.540. The predicted octanol–water partition coefficient (Wildman–Crippen LogP) is 1.03. The summed E-state index contributed by atoms with van der Waals surface area (Å²) in [6, 6.07) is 11.2. The van der Waals surface area contributed by atoms with Crippen molar-refractivity contribution < 1.29 is 4.74 Å². The summed E-state index contributed by atoms with van der Waals surface area (Å²) in [5.41, 5.74) is 1.38. The molecule has 0 bridgehead atoms. The number of benzene rings is 1. The van der Waals surface area contributed by atoms with E-state index in [0.29, 0.717) is 12.0 Å². The van der Waals surface area contributed by atoms with Crippen molar-refractivity contribution in [2.24, 2.45) is 10.9 Å². The smallest absolute Gasteiger partial charge is 0.193 e. The Balaban J connectivity index is 1.27. The molecule has 0 aliphatic carbocycles. The molecule has 7 nitrogen and oxygen atoms in total. The minimum atomic E-state index is 0.263. The molecule has 3 aliphatic rings. The maximum Gasteiger partial charge on any atom is 0.193 e. The number of nitrogens with zero attached hydrogens (tertiary/aromatic N) is 5. The fraction of sp³-hybridized carbons (Fsp3) is 0.708. The Hall–Kier alpha value is -1.67. The summed E-state index contributed by atoms with van der Waals surface area (Å²) in [5.74, 6) is 1.61. The number of piperazine rings is 1. The Morgan fingerprint density at radius 1 is 1.13 bits per heavy atom. The number of ether oxygens (including phenoxy) is 1. The molecule has 172 valence electrons. The van der Waals surface area contributed by atoms with Gasteiger partial charge in [-0.3, -0.25) is 9.89 Å². The van der Waals surface area contributed by atoms with E-state index >= 15 is 0 Å². The van der Waals surface area contributed by atoms with Gasteiger partial charge in [-0.1, -0.05) is 37.3 Å². The Morgan fingerprint density at radius 3 is 2.65 bits per heavy atom. The molecule has 3 aliphatic heterocycles. The van der Waals surface area contributed by atoms with Crippen LogP contribution in [0.25, 0.3) is 0 Å². The number of likely N-dealkylation sites (tertiary alicyclic amines) is 1. The summed E-state index contributed by atoms with van der Waals surface area (Å²) < 4.78 is 6.15. The van der Waals surface area contributed by atoms with Gasteiger partial charge in [0.05, 0.1) is 18.8 Å². The number of aliphatic imine (C=N–C) groups is 1. The van der Waals surface area contributed by atoms with E-state index in [0.717, 1.165) is 51.8 Å². The number of hydrogen-bond acceptors (Lipinski definition) is 5. The van der Waals surface area contributed by atoms with Gasteiger partial charge in [0.1, 0.15) is 0 Å². The zero-order valence-electron chi connectivity index (χ0n) is 19.5. The maximum absolute atomic E-state index is 6.15. The van der Waals surface area contributed by atoms with E-state index in [1.54, 1.807) is 0 Å². The minimum absolute atomic E-state index is 0.263. The first kappa shape index (κ1) is 22.5. The van der Waals surface area contributed by atoms with Crippen LogP contribution in [0.5, 0.6) is 0 Å². The third kappa shape index (κ3) is 5.98. The molecule has 3 heterocycles. The largest absolute Gasteiger partial charge is 0.373 e. The number of nitrogens with one attached hydrogen (secondary N) is 1. The zero-order valence-corrected chi connectivity index (χ0v) is 19.5. The maximum atomic E-state index is 6.15. The number of fused-ring (bicyclic) bond motifs is 1. The lowest BCUT2D eigenvalue weighted by atomic mass is 10.1. The summed E-state index contributed by atoms with van der Waals surface area (Å²) in [7, 11) is 4.11. The molecule has 3 fully saturated rings. The molecule has 0 aromatic heterocycles. The van der Waals surface area contributed by atoms with Gasteiger partial charge < -0.3 is 24.8 Å². The number of rotatable bonds is 6. The Morgan fingerprint density at radius 2 is 1.90 bits per heavy atom. The second kappa shape index (κ2) is 10.8. The van der Waals surface area contributed by atoms with Crippen molar-refractivity contribution in [3.63, 3.8) is 0 Å². The number of guanidine groups is 1. The molecule has 1 aromatic carbocycles. The lowest BCUT2D eigenvalue weighted by Crippen LogP contribution is -2.50. The topological polar surface area (TPSA) is 46.6 Å². The lowest BCUT2D eigenvalue weighted by Gasteiger charge is -2.36. The third-order valence-corrected chi connectivity index (χ3v) is 6.93. The van der Waals surface area contributed by atoms with Crippen LogP contribution in [0, 0.1) is 5.92 Å². The highest BCUT2D eigenvalue weighted by Crippen LogP contribution is 2.24. The summed E-state index contributed by atoms with van der Waals surface area (Å²) in [5, 5.41) is 3.65. The summed E-state index contributed by atoms with van der Waals surface area (Å²) in [6.45, 7) is 13.9. The van der Waals surface area contributed by atoms with Crippen molar-refractivity contribution in [2.45, 2.75) is 25.6 Å². The van der Waals surface area contributed by atoms with Crippen LogP contribution < -0.4 is 5.32 Å². The summed E-state index contributed by atoms with van der Waals surface area (Å²) in [4.78, 5) is 14.6. The zero-order chi connectivity index (χ0) is 21.6. The number of hydrogen-bond donors (Lipinski definition) is 1. The molecular formula is C24H40N6O. The van der Waals surface area contributed by atoms with E-state index in [2.05, 4.69) is 74.2 Å². The third-order valence-electron chi connectivity index (χ3n) is 6.93. The van der Waals surface area contributed by atoms with Gasteiger partial charge in [-0.15, -0.1) is 0 Å². The molecule has 1 N–H and O–H groups in total. The van der Waals surface area contributed by atoms with Gasteiger partial charge in [0.15, 0.2) is 5.96 Å². The first-order valence-corrected chi connectivity index (χ1v) is 11.9. The standard InChI is InChI=1S/C24H40N6O/c1-20(16-28-11-9-27(3)10-12-28)15-26-24(25-2)30-18-22-23(19-30)31-14-13-29(22)17-21-7-5-4-6-8-21/h4-8,20,22-23H,9-19H2,1-3H3,(H,25,26). The molecule has 0 radical (unpaired) electrons. The summed E-state index contributed by atoms with van der Waals surface area (Å²) >= 11 is 0. The van der Waals surface area contributed by atoms with Crippen molar-refractivity contribution in [3.05, 3.63) is 35.9 Å². The van der Waals surface area contributed by atoms with Gasteiger partial charge in [0.2, 0.25) is 0 Å². The van der Waals surface area contributed by atoms with Crippen LogP contribution in [-0.4, -0.2) is 117 Å². The first-order chi connectivity index (χ1) is 15.1. The molecule has 7 heteroatoms. The van der Waals surface area contributed by atoms with E-state index < -0.39 is 0 Å². The van der Waals surface area contributed by atoms with Crippen molar-refractivity contribution in [2.75, 3.05) is 79.6 Å². The van der Waals surface area contributed by atoms with Crippen LogP contribution in [-0.2, 0) is 11.3 Å². The second-order valence-electron chi connectivity index (χ2n) is 9.47. The monoisotopic (exact) mass is 428 g/mol. The SMILES string of the molecule is CN=C(NCC(C)CN1CCN(C)CC1)N1CC2OCCN(Cc3ccccc3)C2C1. The fourth-order valence-corrected chi connectivity index (χ4v) is 5.08. The van der Waals surface area contributed by atoms with E-state index in [9.17, 15) is 0 Å². The Bertz CT molecular complexity index is 705. The molecule has 3 unspecified atom stereocenters. The van der Waals surface area contributed by atoms with Crippen LogP contribution in [0.3, 0.4) is 0 Å². The van der Waals surface area contributed by atoms with Gasteiger partial charge in [-0.2, -0.15) is 0 Å². The molecule has 1 aromatic rings. The average molecular weight is 429 g/mol. The van der Waals surface area contributed by atoms with Crippen LogP contribution >= 0.6 is 0 Å². The van der Waals surface area contributed by atoms with Crippen LogP contribution in [0.2, 0.25) is 0 Å². The van der Waals surface area contributed by atoms with Crippen molar-refractivity contribution in [3.8, 4) is 0 Å². The molecule has 0 amide bonds. The molecule has 4 rings (SSSR count). The van der Waals surface area contributed by atoms with Gasteiger partial charge in [0.25, 0.3) is 0 Å². The number of morpholine rings is 1. The Labute approximate surface area is 188 Å². The first-order valence-electron chi connectivity index (χ1n) is 11.9. The molecule has 3 atom stereocenters. The molecule has 0 spiro atoms. The average Bonchev–Trinajstić information content (AvgIpc) is 3.22. The summed E-state index contributed by atoms with van der Waals surface area (Å²) in [6.07, 6.45) is 0.263. The minimum Gasteiger partial charge on any atom is -0.373 e. The van der Waals surface area contributed by atoms with E-state index in [4.69, 9.17) is 4.74 Å². The van der Waals surface area contributed by atoms with Crippen LogP contribution in [0.4, 0.5) is 0 Å². The van der Waals surface area contributed by atoms with Gasteiger partial charge in [-0.25, -0.2) is 0 Å². The van der Waals surface area contributed by atoms with E-state index in [1.165, 1.54) is 31.7 Å². The highest BCUT2D eigenvalue weighted by molar-refractivity contribution is 5.80. The van der Waals surface area contributed by atoms with Gasteiger partial charge in [-0.05, 0) is 18.5 Å². The second-order valence-corrected chi connectivity index (χ2v) is 9.47. The molecule has 31 heavy (non-hydrogen) atoms. The normalized spacial score (nSPS) is 27.3. The van der Waals surface area contributed by atoms with E-state index in [1.807, 2.05) is 7.05 Å². The number of likely N-dealkylation sites (N-methyl/N-ethyl adjacent to an activating group) is 1. The molecule has 0 saturated carbocycles. The highest BCUT2D eigenvalue weighted by atomic mass is 16.5. The van der Waals surface area contributed by atoms with Crippen LogP contribution in [0.15, 0.2) is 35.3 Å².